The van der Waals surface area contributed by atoms with Crippen LogP contribution in [0.3, 0.4) is 0 Å². The van der Waals surface area contributed by atoms with Crippen LogP contribution in [0.4, 0.5) is 0 Å². The van der Waals surface area contributed by atoms with Crippen molar-refractivity contribution < 1.29 is 4.74 Å². The number of aromatic nitrogens is 1. The Kier molecular flexibility index (Phi) is 3.24. The fraction of sp³-hybridized carbons (Fsp3) is 0. The lowest BCUT2D eigenvalue weighted by Gasteiger charge is -2.09. The number of para-hydroxylation sites is 1. The van der Waals surface area contributed by atoms with Gasteiger partial charge in [-0.15, -0.1) is 0 Å². The van der Waals surface area contributed by atoms with Crippen LogP contribution in [-0.2, 0) is 0 Å². The molecule has 0 unspecified atom stereocenters. The molecule has 0 N–H and O–H groups in total. The van der Waals surface area contributed by atoms with Crippen LogP contribution in [0.25, 0.3) is 10.9 Å². The highest BCUT2D eigenvalue weighted by Crippen LogP contribution is 2.33. The molecule has 0 radical (unpaired) electrons. The smallest absolute Gasteiger partial charge is 0.153 e. The van der Waals surface area contributed by atoms with Gasteiger partial charge in [0.15, 0.2) is 5.75 Å². The van der Waals surface area contributed by atoms with Gasteiger partial charge in [-0.2, -0.15) is 5.26 Å². The molecule has 0 fully saturated rings. The molecule has 20 heavy (non-hydrogen) atoms. The standard InChI is InChI=1S/C16H9ClN2O/c17-13-9-11(10-18)6-7-14(13)20-15-5-1-3-12-4-2-8-19-16(12)15/h1-9H. The van der Waals surface area contributed by atoms with Gasteiger partial charge in [0.1, 0.15) is 11.3 Å². The number of hydrogen-bond acceptors (Lipinski definition) is 3. The van der Waals surface area contributed by atoms with Crippen LogP contribution in [0, 0.1) is 11.3 Å². The Balaban J connectivity index is 2.04. The maximum Gasteiger partial charge on any atom is 0.153 e. The highest BCUT2D eigenvalue weighted by atomic mass is 35.5. The maximum atomic E-state index is 8.82. The summed E-state index contributed by atoms with van der Waals surface area (Å²) in [6.45, 7) is 0. The van der Waals surface area contributed by atoms with Gasteiger partial charge in [-0.25, -0.2) is 0 Å². The molecule has 1 heterocycles. The molecule has 2 aromatic carbocycles. The average Bonchev–Trinajstić information content (AvgIpc) is 2.49. The van der Waals surface area contributed by atoms with Crippen LogP contribution in [0.1, 0.15) is 5.56 Å². The first kappa shape index (κ1) is 12.5. The Bertz CT molecular complexity index is 819. The molecular formula is C16H9ClN2O. The Labute approximate surface area is 121 Å². The van der Waals surface area contributed by atoms with Crippen LogP contribution in [-0.4, -0.2) is 4.98 Å². The molecule has 0 saturated carbocycles. The molecule has 96 valence electrons. The molecule has 1 aromatic heterocycles. The van der Waals surface area contributed by atoms with Crippen molar-refractivity contribution in [2.45, 2.75) is 0 Å². The quantitative estimate of drug-likeness (QED) is 0.691. The number of nitrogens with zero attached hydrogens (tertiary/aromatic N) is 2. The van der Waals surface area contributed by atoms with E-state index in [0.717, 1.165) is 10.9 Å². The number of nitriles is 1. The van der Waals surface area contributed by atoms with Gasteiger partial charge in [-0.05, 0) is 30.3 Å². The lowest BCUT2D eigenvalue weighted by molar-refractivity contribution is 0.487. The minimum absolute atomic E-state index is 0.400. The molecule has 0 atom stereocenters. The van der Waals surface area contributed by atoms with Gasteiger partial charge < -0.3 is 4.74 Å². The predicted octanol–water partition coefficient (Wildman–Crippen LogP) is 4.55. The highest BCUT2D eigenvalue weighted by Gasteiger charge is 2.08. The second kappa shape index (κ2) is 5.20. The molecular weight excluding hydrogens is 272 g/mol. The summed E-state index contributed by atoms with van der Waals surface area (Å²) in [6.07, 6.45) is 1.72. The average molecular weight is 281 g/mol. The predicted molar refractivity (Wildman–Crippen MR) is 78.0 cm³/mol. The third kappa shape index (κ3) is 2.29. The summed E-state index contributed by atoms with van der Waals surface area (Å²) in [7, 11) is 0. The van der Waals surface area contributed by atoms with Gasteiger partial charge in [0.05, 0.1) is 16.7 Å². The largest absolute Gasteiger partial charge is 0.454 e. The van der Waals surface area contributed by atoms with Crippen LogP contribution in [0.15, 0.2) is 54.7 Å². The Morgan fingerprint density at radius 2 is 1.90 bits per heavy atom. The van der Waals surface area contributed by atoms with Crippen molar-refractivity contribution in [3.63, 3.8) is 0 Å². The number of benzene rings is 2. The molecule has 0 aliphatic heterocycles. The normalized spacial score (nSPS) is 10.2. The molecule has 0 spiro atoms. The van der Waals surface area contributed by atoms with E-state index < -0.39 is 0 Å². The van der Waals surface area contributed by atoms with Gasteiger partial charge in [0.25, 0.3) is 0 Å². The van der Waals surface area contributed by atoms with E-state index in [4.69, 9.17) is 21.6 Å². The Hall–Kier alpha value is -2.57. The first-order chi connectivity index (χ1) is 9.78. The van der Waals surface area contributed by atoms with E-state index in [2.05, 4.69) is 4.98 Å². The number of pyridine rings is 1. The van der Waals surface area contributed by atoms with Crippen molar-refractivity contribution in [1.29, 1.82) is 5.26 Å². The summed E-state index contributed by atoms with van der Waals surface area (Å²) < 4.78 is 5.82. The molecule has 0 bridgehead atoms. The van der Waals surface area contributed by atoms with Gasteiger partial charge >= 0.3 is 0 Å². The zero-order valence-electron chi connectivity index (χ0n) is 10.4. The fourth-order valence-electron chi connectivity index (χ4n) is 1.93. The number of hydrogen-bond donors (Lipinski definition) is 0. The number of halogens is 1. The Morgan fingerprint density at radius 1 is 1.05 bits per heavy atom. The topological polar surface area (TPSA) is 45.9 Å². The number of ether oxygens (including phenoxy) is 1. The van der Waals surface area contributed by atoms with Gasteiger partial charge in [-0.3, -0.25) is 4.98 Å². The molecule has 0 aliphatic rings. The zero-order chi connectivity index (χ0) is 13.9. The van der Waals surface area contributed by atoms with Crippen LogP contribution in [0.2, 0.25) is 5.02 Å². The lowest BCUT2D eigenvalue weighted by atomic mass is 10.2. The fourth-order valence-corrected chi connectivity index (χ4v) is 2.15. The van der Waals surface area contributed by atoms with E-state index in [9.17, 15) is 0 Å². The molecule has 3 rings (SSSR count). The summed E-state index contributed by atoms with van der Waals surface area (Å²) in [4.78, 5) is 4.32. The van der Waals surface area contributed by atoms with Crippen LogP contribution >= 0.6 is 11.6 Å². The van der Waals surface area contributed by atoms with Crippen molar-refractivity contribution in [2.75, 3.05) is 0 Å². The third-order valence-electron chi connectivity index (χ3n) is 2.88. The second-order valence-electron chi connectivity index (χ2n) is 4.19. The van der Waals surface area contributed by atoms with E-state index in [1.165, 1.54) is 0 Å². The summed E-state index contributed by atoms with van der Waals surface area (Å²) in [5.74, 6) is 1.14. The van der Waals surface area contributed by atoms with E-state index in [1.807, 2.05) is 36.4 Å². The highest BCUT2D eigenvalue weighted by molar-refractivity contribution is 6.32. The molecule has 4 heteroatoms. The van der Waals surface area contributed by atoms with Gasteiger partial charge in [0.2, 0.25) is 0 Å². The monoisotopic (exact) mass is 280 g/mol. The second-order valence-corrected chi connectivity index (χ2v) is 4.60. The van der Waals surface area contributed by atoms with Crippen molar-refractivity contribution in [1.82, 2.24) is 4.98 Å². The molecule has 0 amide bonds. The number of rotatable bonds is 2. The SMILES string of the molecule is N#Cc1ccc(Oc2cccc3cccnc23)c(Cl)c1. The molecule has 3 aromatic rings. The van der Waals surface area contributed by atoms with E-state index in [0.29, 0.717) is 22.1 Å². The molecule has 0 saturated heterocycles. The minimum atomic E-state index is 0.400. The Morgan fingerprint density at radius 3 is 2.70 bits per heavy atom. The number of fused-ring (bicyclic) bond motifs is 1. The summed E-state index contributed by atoms with van der Waals surface area (Å²) >= 11 is 6.11. The third-order valence-corrected chi connectivity index (χ3v) is 3.17. The van der Waals surface area contributed by atoms with Crippen molar-refractivity contribution in [2.24, 2.45) is 0 Å². The van der Waals surface area contributed by atoms with Gasteiger partial charge in [0, 0.05) is 11.6 Å². The first-order valence-corrected chi connectivity index (χ1v) is 6.37. The molecule has 3 nitrogen and oxygen atoms in total. The minimum Gasteiger partial charge on any atom is -0.454 e. The zero-order valence-corrected chi connectivity index (χ0v) is 11.1. The summed E-state index contributed by atoms with van der Waals surface area (Å²) in [5.41, 5.74) is 1.27. The van der Waals surface area contributed by atoms with E-state index >= 15 is 0 Å². The maximum absolute atomic E-state index is 8.82. The van der Waals surface area contributed by atoms with E-state index in [-0.39, 0.29) is 0 Å². The summed E-state index contributed by atoms with van der Waals surface area (Å²) in [6, 6.07) is 16.5. The van der Waals surface area contributed by atoms with Crippen molar-refractivity contribution >= 4 is 22.5 Å². The van der Waals surface area contributed by atoms with E-state index in [1.54, 1.807) is 24.4 Å². The molecule has 0 aliphatic carbocycles. The van der Waals surface area contributed by atoms with Crippen molar-refractivity contribution in [3.05, 3.63) is 65.3 Å². The van der Waals surface area contributed by atoms with Crippen LogP contribution < -0.4 is 4.74 Å². The van der Waals surface area contributed by atoms with Crippen LogP contribution in [0.5, 0.6) is 11.5 Å². The first-order valence-electron chi connectivity index (χ1n) is 5.99. The summed E-state index contributed by atoms with van der Waals surface area (Å²) in [5, 5.41) is 10.2. The lowest BCUT2D eigenvalue weighted by Crippen LogP contribution is -1.89. The van der Waals surface area contributed by atoms with Gasteiger partial charge in [-0.1, -0.05) is 29.8 Å². The van der Waals surface area contributed by atoms with Crippen molar-refractivity contribution in [3.8, 4) is 17.6 Å².